The van der Waals surface area contributed by atoms with Gasteiger partial charge in [-0.15, -0.1) is 0 Å². The number of carbonyl (C=O) groups is 3. The number of halogens is 1. The first-order valence-electron chi connectivity index (χ1n) is 7.88. The summed E-state index contributed by atoms with van der Waals surface area (Å²) in [6.07, 6.45) is 0.333. The Labute approximate surface area is 139 Å². The molecule has 7 heteroatoms. The number of hydrogen-bond acceptors (Lipinski definition) is 4. The van der Waals surface area contributed by atoms with E-state index in [1.54, 1.807) is 24.4 Å². The highest BCUT2D eigenvalue weighted by Crippen LogP contribution is 2.45. The third kappa shape index (κ3) is 2.07. The molecule has 4 atom stereocenters. The third-order valence-electron chi connectivity index (χ3n) is 5.37. The van der Waals surface area contributed by atoms with Crippen molar-refractivity contribution in [3.8, 4) is 0 Å². The monoisotopic (exact) mass is 335 g/mol. The fourth-order valence-electron chi connectivity index (χ4n) is 4.15. The van der Waals surface area contributed by atoms with Gasteiger partial charge in [-0.2, -0.15) is 0 Å². The Balaban J connectivity index is 2.14. The summed E-state index contributed by atoms with van der Waals surface area (Å²) in [5, 5.41) is 1.71. The number of imide groups is 1. The standard InChI is InChI=1S/C17H19FN2O4/c1-4-17(16(23)24-3)12-11(14(21)20(2)15(12)22)13(19-17)9-6-5-7-10(18)8-9/h5-8,11-13,19H,4H2,1-3H3/p+1/t11-,12-,13-,17-/m0/s1. The van der Waals surface area contributed by atoms with Crippen molar-refractivity contribution >= 4 is 17.8 Å². The van der Waals surface area contributed by atoms with E-state index < -0.39 is 35.2 Å². The number of esters is 1. The molecule has 2 aliphatic rings. The van der Waals surface area contributed by atoms with Crippen LogP contribution in [-0.2, 0) is 19.1 Å². The predicted molar refractivity (Wildman–Crippen MR) is 80.9 cm³/mol. The molecule has 2 amide bonds. The fourth-order valence-corrected chi connectivity index (χ4v) is 4.15. The van der Waals surface area contributed by atoms with Crippen molar-refractivity contribution < 1.29 is 28.8 Å². The number of ether oxygens (including phenoxy) is 1. The topological polar surface area (TPSA) is 80.3 Å². The molecular formula is C17H20FN2O4+. The maximum absolute atomic E-state index is 13.6. The number of likely N-dealkylation sites (tertiary alicyclic amines) is 1. The van der Waals surface area contributed by atoms with Crippen molar-refractivity contribution in [2.75, 3.05) is 14.2 Å². The number of fused-ring (bicyclic) bond motifs is 1. The number of benzene rings is 1. The van der Waals surface area contributed by atoms with Crippen LogP contribution in [0.2, 0.25) is 0 Å². The molecule has 2 saturated heterocycles. The minimum atomic E-state index is -1.17. The normalized spacial score (nSPS) is 32.2. The van der Waals surface area contributed by atoms with Crippen LogP contribution < -0.4 is 5.32 Å². The van der Waals surface area contributed by atoms with E-state index >= 15 is 0 Å². The van der Waals surface area contributed by atoms with Crippen molar-refractivity contribution in [2.45, 2.75) is 24.9 Å². The van der Waals surface area contributed by atoms with Gasteiger partial charge in [0.15, 0.2) is 0 Å². The van der Waals surface area contributed by atoms with Gasteiger partial charge in [-0.1, -0.05) is 19.1 Å². The van der Waals surface area contributed by atoms with Crippen LogP contribution in [0, 0.1) is 17.7 Å². The molecular weight excluding hydrogens is 315 g/mol. The summed E-state index contributed by atoms with van der Waals surface area (Å²) in [4.78, 5) is 38.8. The number of quaternary nitrogens is 1. The molecule has 0 spiro atoms. The Morgan fingerprint density at radius 3 is 2.67 bits per heavy atom. The zero-order chi connectivity index (χ0) is 17.6. The molecule has 0 aliphatic carbocycles. The zero-order valence-electron chi connectivity index (χ0n) is 13.8. The summed E-state index contributed by atoms with van der Waals surface area (Å²) < 4.78 is 18.6. The van der Waals surface area contributed by atoms with Crippen LogP contribution in [0.15, 0.2) is 24.3 Å². The second kappa shape index (κ2) is 5.66. The molecule has 0 bridgehead atoms. The second-order valence-corrected chi connectivity index (χ2v) is 6.37. The number of nitrogens with zero attached hydrogens (tertiary/aromatic N) is 1. The quantitative estimate of drug-likeness (QED) is 0.623. The van der Waals surface area contributed by atoms with E-state index in [2.05, 4.69) is 0 Å². The van der Waals surface area contributed by atoms with E-state index in [-0.39, 0.29) is 11.8 Å². The molecule has 0 saturated carbocycles. The van der Waals surface area contributed by atoms with E-state index in [4.69, 9.17) is 4.74 Å². The van der Waals surface area contributed by atoms with Gasteiger partial charge in [0, 0.05) is 19.0 Å². The van der Waals surface area contributed by atoms with Crippen molar-refractivity contribution in [3.63, 3.8) is 0 Å². The molecule has 0 aromatic heterocycles. The third-order valence-corrected chi connectivity index (χ3v) is 5.37. The van der Waals surface area contributed by atoms with Crippen LogP contribution in [0.4, 0.5) is 4.39 Å². The van der Waals surface area contributed by atoms with Crippen LogP contribution in [-0.4, -0.2) is 42.4 Å². The molecule has 2 N–H and O–H groups in total. The maximum atomic E-state index is 13.6. The van der Waals surface area contributed by atoms with Gasteiger partial charge in [0.2, 0.25) is 17.4 Å². The molecule has 0 radical (unpaired) electrons. The van der Waals surface area contributed by atoms with Crippen molar-refractivity contribution in [2.24, 2.45) is 11.8 Å². The van der Waals surface area contributed by atoms with Crippen LogP contribution >= 0.6 is 0 Å². The minimum Gasteiger partial charge on any atom is -0.464 e. The average Bonchev–Trinajstić information content (AvgIpc) is 3.05. The zero-order valence-corrected chi connectivity index (χ0v) is 13.8. The Morgan fingerprint density at radius 1 is 1.38 bits per heavy atom. The van der Waals surface area contributed by atoms with Crippen molar-refractivity contribution in [1.29, 1.82) is 0 Å². The van der Waals surface area contributed by atoms with Gasteiger partial charge in [0.05, 0.1) is 7.11 Å². The van der Waals surface area contributed by atoms with Crippen LogP contribution in [0.1, 0.15) is 24.9 Å². The number of nitrogens with two attached hydrogens (primary N) is 1. The summed E-state index contributed by atoms with van der Waals surface area (Å²) in [5.74, 6) is -3.18. The first-order chi connectivity index (χ1) is 11.4. The van der Waals surface area contributed by atoms with Crippen LogP contribution in [0.5, 0.6) is 0 Å². The molecule has 2 heterocycles. The second-order valence-electron chi connectivity index (χ2n) is 6.37. The highest BCUT2D eigenvalue weighted by Gasteiger charge is 2.71. The van der Waals surface area contributed by atoms with E-state index in [0.717, 1.165) is 4.90 Å². The van der Waals surface area contributed by atoms with Gasteiger partial charge in [-0.25, -0.2) is 9.18 Å². The van der Waals surface area contributed by atoms with Gasteiger partial charge < -0.3 is 10.1 Å². The first kappa shape index (κ1) is 16.6. The van der Waals surface area contributed by atoms with Crippen molar-refractivity contribution in [1.82, 2.24) is 4.90 Å². The molecule has 128 valence electrons. The Kier molecular flexibility index (Phi) is 3.91. The highest BCUT2D eigenvalue weighted by atomic mass is 19.1. The van der Waals surface area contributed by atoms with Gasteiger partial charge >= 0.3 is 5.97 Å². The average molecular weight is 335 g/mol. The number of methoxy groups -OCH3 is 1. The number of rotatable bonds is 3. The summed E-state index contributed by atoms with van der Waals surface area (Å²) in [6.45, 7) is 1.79. The number of amides is 2. The number of carbonyl (C=O) groups excluding carboxylic acids is 3. The lowest BCUT2D eigenvalue weighted by Gasteiger charge is -2.27. The molecule has 3 rings (SSSR count). The van der Waals surface area contributed by atoms with Crippen LogP contribution in [0.25, 0.3) is 0 Å². The molecule has 1 aromatic rings. The predicted octanol–water partition coefficient (Wildman–Crippen LogP) is -0.00340. The lowest BCUT2D eigenvalue weighted by molar-refractivity contribution is -0.734. The maximum Gasteiger partial charge on any atom is 0.368 e. The van der Waals surface area contributed by atoms with E-state index in [1.807, 2.05) is 0 Å². The molecule has 6 nitrogen and oxygen atoms in total. The lowest BCUT2D eigenvalue weighted by Crippen LogP contribution is -2.98. The van der Waals surface area contributed by atoms with Gasteiger partial charge in [-0.3, -0.25) is 14.5 Å². The summed E-state index contributed by atoms with van der Waals surface area (Å²) >= 11 is 0. The van der Waals surface area contributed by atoms with Crippen molar-refractivity contribution in [3.05, 3.63) is 35.6 Å². The van der Waals surface area contributed by atoms with Gasteiger partial charge in [0.25, 0.3) is 0 Å². The fraction of sp³-hybridized carbons (Fsp3) is 0.471. The number of hydrogen-bond donors (Lipinski definition) is 1. The Hall–Kier alpha value is -2.28. The molecule has 24 heavy (non-hydrogen) atoms. The molecule has 0 unspecified atom stereocenters. The Bertz CT molecular complexity index is 722. The minimum absolute atomic E-state index is 0.333. The molecule has 2 fully saturated rings. The van der Waals surface area contributed by atoms with Gasteiger partial charge in [-0.05, 0) is 12.1 Å². The molecule has 2 aliphatic heterocycles. The first-order valence-corrected chi connectivity index (χ1v) is 7.88. The van der Waals surface area contributed by atoms with Crippen LogP contribution in [0.3, 0.4) is 0 Å². The summed E-state index contributed by atoms with van der Waals surface area (Å²) in [5.41, 5.74) is -0.589. The Morgan fingerprint density at radius 2 is 2.08 bits per heavy atom. The SMILES string of the molecule is CC[C@]1(C(=O)OC)[NH2+][C@@H](c2cccc(F)c2)[C@H]2C(=O)N(C)C(=O)[C@H]21. The van der Waals surface area contributed by atoms with E-state index in [9.17, 15) is 18.8 Å². The smallest absolute Gasteiger partial charge is 0.368 e. The van der Waals surface area contributed by atoms with E-state index in [1.165, 1.54) is 26.3 Å². The van der Waals surface area contributed by atoms with Gasteiger partial charge in [0.1, 0.15) is 23.7 Å². The summed E-state index contributed by atoms with van der Waals surface area (Å²) in [6, 6.07) is 5.42. The lowest BCUT2D eigenvalue weighted by atomic mass is 9.78. The largest absolute Gasteiger partial charge is 0.464 e. The summed E-state index contributed by atoms with van der Waals surface area (Å²) in [7, 11) is 2.69. The van der Waals surface area contributed by atoms with E-state index in [0.29, 0.717) is 12.0 Å². The molecule has 1 aromatic carbocycles. The highest BCUT2D eigenvalue weighted by molar-refractivity contribution is 6.08.